The summed E-state index contributed by atoms with van der Waals surface area (Å²) < 4.78 is 97.2. The molecule has 0 atom stereocenters. The van der Waals surface area contributed by atoms with Gasteiger partial charge in [-0.05, 0) is 0 Å². The summed E-state index contributed by atoms with van der Waals surface area (Å²) in [6.07, 6.45) is 0.557. The minimum Gasteiger partial charge on any atom is -0.395 e. The number of imide groups is 1. The average molecular weight is 408 g/mol. The van der Waals surface area contributed by atoms with Gasteiger partial charge in [0.15, 0.2) is 40.7 Å². The molecule has 0 saturated heterocycles. The van der Waals surface area contributed by atoms with E-state index in [-0.39, 0.29) is 0 Å². The number of benzene rings is 2. The molecule has 28 heavy (non-hydrogen) atoms. The number of halogens is 7. The molecule has 3 rings (SSSR count). The van der Waals surface area contributed by atoms with Gasteiger partial charge < -0.3 is 10.4 Å². The molecule has 0 saturated carbocycles. The number of hydrogen-bond acceptors (Lipinski definition) is 4. The normalized spacial score (nSPS) is 14.3. The summed E-state index contributed by atoms with van der Waals surface area (Å²) in [6.45, 7) is -1.08. The first-order valence-corrected chi connectivity index (χ1v) is 7.39. The summed E-state index contributed by atoms with van der Waals surface area (Å²) in [6, 6.07) is 0. The number of nitrogens with zero attached hydrogens (tertiary/aromatic N) is 1. The molecule has 148 valence electrons. The summed E-state index contributed by atoms with van der Waals surface area (Å²) in [5.41, 5.74) is -2.31. The number of fused-ring (bicyclic) bond motifs is 1. The topological polar surface area (TPSA) is 69.6 Å². The van der Waals surface area contributed by atoms with Crippen LogP contribution in [0, 0.1) is 40.7 Å². The Hall–Kier alpha value is -3.15. The van der Waals surface area contributed by atoms with Gasteiger partial charge in [0.05, 0.1) is 23.9 Å². The van der Waals surface area contributed by atoms with Gasteiger partial charge in [0.1, 0.15) is 11.4 Å². The standard InChI is InChI=1S/C16H7F7N2O3/c17-8-6-7(9(18)13(22)12(8)21)11(20)15(14(23)10(6)19)24-4-3-5(27)25(1-2-26)16(4)28/h3,24,26H,1-2H2. The SMILES string of the molecule is O=C1C=C(Nc2c(F)c(F)c3c(F)c(F)c(F)c(F)c3c2F)C(=O)N1CCO. The third-order valence-electron chi connectivity index (χ3n) is 3.93. The fraction of sp³-hybridized carbons (Fsp3) is 0.125. The van der Waals surface area contributed by atoms with E-state index in [9.17, 15) is 40.3 Å². The molecule has 2 amide bonds. The smallest absolute Gasteiger partial charge is 0.277 e. The number of rotatable bonds is 4. The Bertz CT molecular complexity index is 1080. The molecule has 0 radical (unpaired) electrons. The molecule has 0 bridgehead atoms. The van der Waals surface area contributed by atoms with Crippen molar-refractivity contribution in [2.24, 2.45) is 0 Å². The van der Waals surface area contributed by atoms with E-state index in [4.69, 9.17) is 5.11 Å². The van der Waals surface area contributed by atoms with Crippen molar-refractivity contribution in [1.29, 1.82) is 0 Å². The molecule has 0 unspecified atom stereocenters. The number of amides is 2. The van der Waals surface area contributed by atoms with Crippen molar-refractivity contribution < 1.29 is 45.4 Å². The van der Waals surface area contributed by atoms with Crippen LogP contribution in [-0.2, 0) is 9.59 Å². The predicted octanol–water partition coefficient (Wildman–Crippen LogP) is 2.47. The summed E-state index contributed by atoms with van der Waals surface area (Å²) in [7, 11) is 0. The van der Waals surface area contributed by atoms with Gasteiger partial charge in [0.25, 0.3) is 11.8 Å². The maximum atomic E-state index is 14.5. The lowest BCUT2D eigenvalue weighted by molar-refractivity contribution is -0.137. The Morgan fingerprint density at radius 3 is 1.82 bits per heavy atom. The summed E-state index contributed by atoms with van der Waals surface area (Å²) >= 11 is 0. The van der Waals surface area contributed by atoms with E-state index in [1.54, 1.807) is 5.32 Å². The fourth-order valence-electron chi connectivity index (χ4n) is 2.64. The summed E-state index contributed by atoms with van der Waals surface area (Å²) in [4.78, 5) is 24.1. The van der Waals surface area contributed by atoms with Gasteiger partial charge in [-0.25, -0.2) is 30.7 Å². The van der Waals surface area contributed by atoms with Crippen LogP contribution in [0.3, 0.4) is 0 Å². The number of β-amino-alcohol motifs (C(OH)–C–C–N with tert-alkyl or cyclic N) is 1. The lowest BCUT2D eigenvalue weighted by Gasteiger charge is -2.15. The van der Waals surface area contributed by atoms with Gasteiger partial charge in [0, 0.05) is 6.08 Å². The first-order valence-electron chi connectivity index (χ1n) is 7.39. The second-order valence-electron chi connectivity index (χ2n) is 5.52. The first kappa shape index (κ1) is 19.6. The van der Waals surface area contributed by atoms with Crippen molar-refractivity contribution in [2.75, 3.05) is 18.5 Å². The Kier molecular flexibility index (Phi) is 4.75. The molecule has 12 heteroatoms. The highest BCUT2D eigenvalue weighted by molar-refractivity contribution is 6.17. The Balaban J connectivity index is 2.20. The number of aliphatic hydroxyl groups excluding tert-OH is 1. The highest BCUT2D eigenvalue weighted by Crippen LogP contribution is 2.37. The third-order valence-corrected chi connectivity index (χ3v) is 3.93. The van der Waals surface area contributed by atoms with E-state index in [1.165, 1.54) is 0 Å². The summed E-state index contributed by atoms with van der Waals surface area (Å²) in [5.74, 6) is -18.2. The molecule has 0 aromatic heterocycles. The molecule has 0 aliphatic carbocycles. The summed E-state index contributed by atoms with van der Waals surface area (Å²) in [5, 5.41) is 6.98. The molecule has 5 nitrogen and oxygen atoms in total. The van der Waals surface area contributed by atoms with Crippen LogP contribution in [0.25, 0.3) is 10.8 Å². The predicted molar refractivity (Wildman–Crippen MR) is 79.2 cm³/mol. The Morgan fingerprint density at radius 1 is 0.786 bits per heavy atom. The molecular formula is C16H7F7N2O3. The number of hydrogen-bond donors (Lipinski definition) is 2. The Labute approximate surface area is 150 Å². The molecule has 0 spiro atoms. The quantitative estimate of drug-likeness (QED) is 0.353. The monoisotopic (exact) mass is 408 g/mol. The zero-order chi connectivity index (χ0) is 20.9. The van der Waals surface area contributed by atoms with Gasteiger partial charge in [-0.2, -0.15) is 0 Å². The lowest BCUT2D eigenvalue weighted by atomic mass is 10.1. The molecular weight excluding hydrogens is 401 g/mol. The number of carbonyl (C=O) groups excluding carboxylic acids is 2. The lowest BCUT2D eigenvalue weighted by Crippen LogP contribution is -2.34. The average Bonchev–Trinajstić information content (AvgIpc) is 2.92. The zero-order valence-electron chi connectivity index (χ0n) is 13.3. The van der Waals surface area contributed by atoms with E-state index >= 15 is 0 Å². The second kappa shape index (κ2) is 6.78. The van der Waals surface area contributed by atoms with Gasteiger partial charge in [-0.3, -0.25) is 14.5 Å². The van der Waals surface area contributed by atoms with E-state index < -0.39 is 87.8 Å². The maximum Gasteiger partial charge on any atom is 0.277 e. The van der Waals surface area contributed by atoms with Gasteiger partial charge in [0.2, 0.25) is 0 Å². The van der Waals surface area contributed by atoms with Gasteiger partial charge in [-0.15, -0.1) is 0 Å². The minimum atomic E-state index is -2.47. The van der Waals surface area contributed by atoms with Crippen LogP contribution in [0.4, 0.5) is 36.4 Å². The van der Waals surface area contributed by atoms with Crippen LogP contribution in [0.5, 0.6) is 0 Å². The van der Waals surface area contributed by atoms with Crippen molar-refractivity contribution in [3.05, 3.63) is 52.5 Å². The van der Waals surface area contributed by atoms with Crippen molar-refractivity contribution in [3.63, 3.8) is 0 Å². The van der Waals surface area contributed by atoms with Crippen molar-refractivity contribution in [1.82, 2.24) is 4.90 Å². The molecule has 1 heterocycles. The molecule has 2 aromatic rings. The third kappa shape index (κ3) is 2.68. The number of anilines is 1. The van der Waals surface area contributed by atoms with E-state index in [0.717, 1.165) is 0 Å². The van der Waals surface area contributed by atoms with Crippen LogP contribution in [0.2, 0.25) is 0 Å². The fourth-order valence-corrected chi connectivity index (χ4v) is 2.64. The van der Waals surface area contributed by atoms with E-state index in [1.807, 2.05) is 0 Å². The van der Waals surface area contributed by atoms with Gasteiger partial charge >= 0.3 is 0 Å². The number of aliphatic hydroxyl groups is 1. The van der Waals surface area contributed by atoms with Gasteiger partial charge in [-0.1, -0.05) is 0 Å². The van der Waals surface area contributed by atoms with Crippen LogP contribution < -0.4 is 5.32 Å². The van der Waals surface area contributed by atoms with E-state index in [2.05, 4.69) is 0 Å². The van der Waals surface area contributed by atoms with Crippen LogP contribution in [0.15, 0.2) is 11.8 Å². The van der Waals surface area contributed by atoms with Crippen molar-refractivity contribution in [2.45, 2.75) is 0 Å². The maximum absolute atomic E-state index is 14.5. The molecule has 2 aromatic carbocycles. The largest absolute Gasteiger partial charge is 0.395 e. The first-order chi connectivity index (χ1) is 13.1. The van der Waals surface area contributed by atoms with Crippen molar-refractivity contribution >= 4 is 28.3 Å². The highest BCUT2D eigenvalue weighted by Gasteiger charge is 2.34. The molecule has 1 aliphatic rings. The Morgan fingerprint density at radius 2 is 1.29 bits per heavy atom. The molecule has 2 N–H and O–H groups in total. The highest BCUT2D eigenvalue weighted by atomic mass is 19.2. The molecule has 1 aliphatic heterocycles. The molecule has 0 fully saturated rings. The van der Waals surface area contributed by atoms with E-state index in [0.29, 0.717) is 11.0 Å². The van der Waals surface area contributed by atoms with Crippen LogP contribution >= 0.6 is 0 Å². The number of carbonyl (C=O) groups is 2. The second-order valence-corrected chi connectivity index (χ2v) is 5.52. The van der Waals surface area contributed by atoms with Crippen LogP contribution in [0.1, 0.15) is 0 Å². The van der Waals surface area contributed by atoms with Crippen molar-refractivity contribution in [3.8, 4) is 0 Å². The number of nitrogens with one attached hydrogen (secondary N) is 1. The zero-order valence-corrected chi connectivity index (χ0v) is 13.3. The minimum absolute atomic E-state index is 0.458. The van der Waals surface area contributed by atoms with Crippen LogP contribution in [-0.4, -0.2) is 35.0 Å².